The number of aliphatic carboxylic acids is 1. The van der Waals surface area contributed by atoms with Crippen molar-refractivity contribution in [3.8, 4) is 11.1 Å². The molecule has 1 heterocycles. The van der Waals surface area contributed by atoms with Gasteiger partial charge in [-0.1, -0.05) is 55.5 Å². The van der Waals surface area contributed by atoms with Crippen molar-refractivity contribution in [1.29, 1.82) is 0 Å². The Balaban J connectivity index is 1.31. The number of amides is 2. The van der Waals surface area contributed by atoms with Gasteiger partial charge < -0.3 is 20.1 Å². The maximum atomic E-state index is 12.7. The number of carbonyl (C=O) groups excluding carboxylic acids is 2. The Morgan fingerprint density at radius 3 is 2.34 bits per heavy atom. The average Bonchev–Trinajstić information content (AvgIpc) is 3.46. The molecule has 9 heteroatoms. The van der Waals surface area contributed by atoms with Crippen LogP contribution < -0.4 is 5.32 Å². The first kappa shape index (κ1) is 24.4. The minimum atomic E-state index is -0.954. The summed E-state index contributed by atoms with van der Waals surface area (Å²) >= 11 is 1.26. The van der Waals surface area contributed by atoms with Crippen molar-refractivity contribution >= 4 is 29.3 Å². The van der Waals surface area contributed by atoms with Crippen molar-refractivity contribution in [3.63, 3.8) is 0 Å². The van der Waals surface area contributed by atoms with E-state index in [-0.39, 0.29) is 43.6 Å². The van der Waals surface area contributed by atoms with Gasteiger partial charge >= 0.3 is 12.1 Å². The van der Waals surface area contributed by atoms with Crippen LogP contribution in [0.15, 0.2) is 53.9 Å². The smallest absolute Gasteiger partial charge is 0.407 e. The Bertz CT molecular complexity index is 1180. The number of nitrogens with zero attached hydrogens (tertiary/aromatic N) is 2. The highest BCUT2D eigenvalue weighted by atomic mass is 32.1. The van der Waals surface area contributed by atoms with E-state index in [1.807, 2.05) is 31.2 Å². The van der Waals surface area contributed by atoms with Gasteiger partial charge in [-0.2, -0.15) is 0 Å². The summed E-state index contributed by atoms with van der Waals surface area (Å²) in [7, 11) is 0. The first-order valence-electron chi connectivity index (χ1n) is 11.5. The van der Waals surface area contributed by atoms with Crippen LogP contribution in [0.3, 0.4) is 0 Å². The second kappa shape index (κ2) is 11.1. The fraction of sp³-hybridized carbons (Fsp3) is 0.308. The molecule has 0 spiro atoms. The Morgan fingerprint density at radius 1 is 1.06 bits per heavy atom. The molecule has 0 saturated heterocycles. The number of carboxylic acid groups (broad SMARTS) is 1. The van der Waals surface area contributed by atoms with Crippen LogP contribution in [0, 0.1) is 0 Å². The number of thiazole rings is 1. The van der Waals surface area contributed by atoms with Crippen molar-refractivity contribution in [2.24, 2.45) is 0 Å². The molecule has 182 valence electrons. The Hall–Kier alpha value is -3.72. The average molecular weight is 494 g/mol. The van der Waals surface area contributed by atoms with Gasteiger partial charge in [-0.25, -0.2) is 9.78 Å². The van der Waals surface area contributed by atoms with Crippen LogP contribution in [0.5, 0.6) is 0 Å². The third kappa shape index (κ3) is 5.68. The molecule has 0 radical (unpaired) electrons. The second-order valence-corrected chi connectivity index (χ2v) is 9.18. The SMILES string of the molecule is CCCN(CCC(=O)O)C(=O)c1csc(CNC(=O)OCC2c3ccccc3-c3ccccc32)n1. The van der Waals surface area contributed by atoms with Crippen molar-refractivity contribution < 1.29 is 24.2 Å². The maximum absolute atomic E-state index is 12.7. The molecule has 2 aromatic carbocycles. The van der Waals surface area contributed by atoms with E-state index >= 15 is 0 Å². The second-order valence-electron chi connectivity index (χ2n) is 8.24. The third-order valence-electron chi connectivity index (χ3n) is 5.87. The van der Waals surface area contributed by atoms with Gasteiger partial charge in [-0.05, 0) is 28.7 Å². The van der Waals surface area contributed by atoms with Crippen molar-refractivity contribution in [2.45, 2.75) is 32.2 Å². The van der Waals surface area contributed by atoms with E-state index in [1.54, 1.807) is 5.38 Å². The number of carboxylic acids is 1. The predicted octanol–water partition coefficient (Wildman–Crippen LogP) is 4.51. The molecule has 1 aliphatic carbocycles. The number of fused-ring (bicyclic) bond motifs is 3. The number of hydrogen-bond donors (Lipinski definition) is 2. The highest BCUT2D eigenvalue weighted by molar-refractivity contribution is 7.09. The first-order valence-corrected chi connectivity index (χ1v) is 12.4. The molecule has 35 heavy (non-hydrogen) atoms. The molecule has 1 aliphatic rings. The number of carbonyl (C=O) groups is 3. The zero-order valence-electron chi connectivity index (χ0n) is 19.4. The number of benzene rings is 2. The van der Waals surface area contributed by atoms with E-state index in [9.17, 15) is 14.4 Å². The van der Waals surface area contributed by atoms with Crippen LogP contribution in [0.4, 0.5) is 4.79 Å². The number of nitrogens with one attached hydrogen (secondary N) is 1. The molecular formula is C26H27N3O5S. The minimum Gasteiger partial charge on any atom is -0.481 e. The lowest BCUT2D eigenvalue weighted by molar-refractivity contribution is -0.137. The van der Waals surface area contributed by atoms with Crippen molar-refractivity contribution in [1.82, 2.24) is 15.2 Å². The van der Waals surface area contributed by atoms with Gasteiger partial charge in [0, 0.05) is 24.4 Å². The molecule has 8 nitrogen and oxygen atoms in total. The van der Waals surface area contributed by atoms with Crippen LogP contribution in [-0.2, 0) is 16.1 Å². The number of alkyl carbamates (subject to hydrolysis) is 1. The Kier molecular flexibility index (Phi) is 7.77. The summed E-state index contributed by atoms with van der Waals surface area (Å²) < 4.78 is 5.54. The molecule has 2 amide bonds. The molecule has 4 rings (SSSR count). The summed E-state index contributed by atoms with van der Waals surface area (Å²) in [5.74, 6) is -1.28. The van der Waals surface area contributed by atoms with E-state index in [2.05, 4.69) is 34.6 Å². The normalized spacial score (nSPS) is 12.0. The van der Waals surface area contributed by atoms with Crippen LogP contribution >= 0.6 is 11.3 Å². The number of aromatic nitrogens is 1. The maximum Gasteiger partial charge on any atom is 0.407 e. The molecule has 1 aromatic heterocycles. The molecule has 0 unspecified atom stereocenters. The summed E-state index contributed by atoms with van der Waals surface area (Å²) in [6.07, 6.45) is 0.0432. The fourth-order valence-electron chi connectivity index (χ4n) is 4.26. The lowest BCUT2D eigenvalue weighted by Crippen LogP contribution is -2.34. The summed E-state index contributed by atoms with van der Waals surface area (Å²) in [5, 5.41) is 13.8. The zero-order valence-corrected chi connectivity index (χ0v) is 20.2. The van der Waals surface area contributed by atoms with Gasteiger partial charge in [0.05, 0.1) is 13.0 Å². The number of rotatable bonds is 10. The lowest BCUT2D eigenvalue weighted by atomic mass is 9.98. The van der Waals surface area contributed by atoms with E-state index < -0.39 is 12.1 Å². The third-order valence-corrected chi connectivity index (χ3v) is 6.72. The van der Waals surface area contributed by atoms with Gasteiger partial charge in [-0.3, -0.25) is 9.59 Å². The van der Waals surface area contributed by atoms with Crippen LogP contribution in [0.2, 0.25) is 0 Å². The molecule has 0 aliphatic heterocycles. The Labute approximate surface area is 207 Å². The summed E-state index contributed by atoms with van der Waals surface area (Å²) in [4.78, 5) is 41.8. The zero-order chi connectivity index (χ0) is 24.8. The minimum absolute atomic E-state index is 0.0208. The topological polar surface area (TPSA) is 109 Å². The number of ether oxygens (including phenoxy) is 1. The van der Waals surface area contributed by atoms with Crippen molar-refractivity contribution in [3.05, 3.63) is 75.7 Å². The highest BCUT2D eigenvalue weighted by Crippen LogP contribution is 2.44. The van der Waals surface area contributed by atoms with Crippen LogP contribution in [-0.4, -0.2) is 52.7 Å². The van der Waals surface area contributed by atoms with Gasteiger partial charge in [0.25, 0.3) is 5.91 Å². The van der Waals surface area contributed by atoms with E-state index in [4.69, 9.17) is 9.84 Å². The van der Waals surface area contributed by atoms with Crippen LogP contribution in [0.1, 0.15) is 52.3 Å². The van der Waals surface area contributed by atoms with Gasteiger partial charge in [-0.15, -0.1) is 11.3 Å². The fourth-order valence-corrected chi connectivity index (χ4v) is 4.97. The van der Waals surface area contributed by atoms with Gasteiger partial charge in [0.1, 0.15) is 17.3 Å². The quantitative estimate of drug-likeness (QED) is 0.430. The molecular weight excluding hydrogens is 466 g/mol. The number of hydrogen-bond acceptors (Lipinski definition) is 6. The summed E-state index contributed by atoms with van der Waals surface area (Å²) in [6.45, 7) is 2.87. The van der Waals surface area contributed by atoms with Gasteiger partial charge in [0.15, 0.2) is 0 Å². The van der Waals surface area contributed by atoms with E-state index in [0.717, 1.165) is 22.3 Å². The largest absolute Gasteiger partial charge is 0.481 e. The molecule has 2 N–H and O–H groups in total. The molecule has 0 bridgehead atoms. The first-order chi connectivity index (χ1) is 17.0. The standard InChI is InChI=1S/C26H27N3O5S/c1-2-12-29(13-11-24(30)31)25(32)22-16-35-23(28-22)14-27-26(33)34-15-21-19-9-5-3-7-17(19)18-8-4-6-10-20(18)21/h3-10,16,21H,2,11-15H2,1H3,(H,27,33)(H,30,31). The van der Waals surface area contributed by atoms with Gasteiger partial charge in [0.2, 0.25) is 0 Å². The molecule has 0 saturated carbocycles. The molecule has 3 aromatic rings. The Morgan fingerprint density at radius 2 is 1.71 bits per heavy atom. The van der Waals surface area contributed by atoms with E-state index in [0.29, 0.717) is 18.0 Å². The molecule has 0 fully saturated rings. The van der Waals surface area contributed by atoms with Crippen molar-refractivity contribution in [2.75, 3.05) is 19.7 Å². The summed E-state index contributed by atoms with van der Waals surface area (Å²) in [6, 6.07) is 16.3. The lowest BCUT2D eigenvalue weighted by Gasteiger charge is -2.20. The monoisotopic (exact) mass is 493 g/mol. The van der Waals surface area contributed by atoms with Crippen LogP contribution in [0.25, 0.3) is 11.1 Å². The molecule has 0 atom stereocenters. The van der Waals surface area contributed by atoms with E-state index in [1.165, 1.54) is 16.2 Å². The summed E-state index contributed by atoms with van der Waals surface area (Å²) in [5.41, 5.74) is 4.86. The predicted molar refractivity (Wildman–Crippen MR) is 132 cm³/mol. The highest BCUT2D eigenvalue weighted by Gasteiger charge is 2.29.